The quantitative estimate of drug-likeness (QED) is 0.691. The molecule has 0 amide bonds. The topological polar surface area (TPSA) is 26.0 Å². The molecule has 0 saturated heterocycles. The maximum absolute atomic E-state index is 12.3. The first-order valence-corrected chi connectivity index (χ1v) is 3.25. The summed E-state index contributed by atoms with van der Waals surface area (Å²) >= 11 is 0. The number of oxazole rings is 1. The number of rotatable bonds is 2. The molecule has 0 atom stereocenters. The van der Waals surface area contributed by atoms with Gasteiger partial charge >= 0.3 is 18.6 Å². The minimum atomic E-state index is -0.326. The summed E-state index contributed by atoms with van der Waals surface area (Å²) in [4.78, 5) is 3.79. The van der Waals surface area contributed by atoms with E-state index in [-0.39, 0.29) is 38.1 Å². The number of aromatic nitrogens is 1. The number of halogens is 1. The third-order valence-corrected chi connectivity index (χ3v) is 2.04. The van der Waals surface area contributed by atoms with Gasteiger partial charge in [-0.2, -0.15) is 0 Å². The molecule has 1 aromatic rings. The van der Waals surface area contributed by atoms with Crippen molar-refractivity contribution in [2.24, 2.45) is 0 Å². The van der Waals surface area contributed by atoms with Crippen molar-refractivity contribution >= 4 is 0 Å². The fourth-order valence-electron chi connectivity index (χ4n) is 1.04. The first-order valence-electron chi connectivity index (χ1n) is 3.25. The van der Waals surface area contributed by atoms with Crippen LogP contribution in [0.5, 0.6) is 0 Å². The van der Waals surface area contributed by atoms with Crippen molar-refractivity contribution in [3.05, 3.63) is 25.8 Å². The number of hydrogen-bond donors (Lipinski definition) is 0. The maximum atomic E-state index is 12.3. The molecule has 1 radical (unpaired) electrons. The standard InChI is InChI=1S/C7H7FNO.CH3.V/c8-4-7(1-2-7)6-3-10-5-9-6;;/h3H,1-2,4H2;1H3;/q2*-1;+2. The molecule has 12 heavy (non-hydrogen) atoms. The van der Waals surface area contributed by atoms with Crippen LogP contribution >= 0.6 is 0 Å². The van der Waals surface area contributed by atoms with E-state index in [2.05, 4.69) is 15.8 Å². The van der Waals surface area contributed by atoms with Gasteiger partial charge in [-0.05, 0) is 11.7 Å². The summed E-state index contributed by atoms with van der Waals surface area (Å²) in [7, 11) is 0. The van der Waals surface area contributed by atoms with Gasteiger partial charge in [-0.15, -0.1) is 0 Å². The SMILES string of the molecule is FCC1(c2co[c-]n2)CC1.[CH3-].[V+2]. The Hall–Kier alpha value is -0.276. The van der Waals surface area contributed by atoms with Gasteiger partial charge < -0.3 is 16.8 Å². The van der Waals surface area contributed by atoms with Crippen LogP contribution in [0.4, 0.5) is 4.39 Å². The second-order valence-electron chi connectivity index (χ2n) is 2.74. The Labute approximate surface area is 83.4 Å². The smallest absolute Gasteiger partial charge is 0.581 e. The molecule has 1 aromatic heterocycles. The van der Waals surface area contributed by atoms with Gasteiger partial charge in [0, 0.05) is 0 Å². The van der Waals surface area contributed by atoms with Gasteiger partial charge in [-0.3, -0.25) is 4.39 Å². The van der Waals surface area contributed by atoms with Crippen LogP contribution in [0.3, 0.4) is 0 Å². The van der Waals surface area contributed by atoms with E-state index in [0.717, 1.165) is 18.5 Å². The van der Waals surface area contributed by atoms with Crippen molar-refractivity contribution in [3.8, 4) is 0 Å². The van der Waals surface area contributed by atoms with E-state index < -0.39 is 0 Å². The molecule has 1 aliphatic carbocycles. The summed E-state index contributed by atoms with van der Waals surface area (Å²) in [5.41, 5.74) is 0.429. The van der Waals surface area contributed by atoms with Gasteiger partial charge in [0.1, 0.15) is 6.39 Å². The maximum Gasteiger partial charge on any atom is 2.00 e. The van der Waals surface area contributed by atoms with Gasteiger partial charge in [-0.25, -0.2) is 0 Å². The van der Waals surface area contributed by atoms with E-state index in [1.165, 1.54) is 6.26 Å². The third kappa shape index (κ3) is 1.72. The van der Waals surface area contributed by atoms with E-state index in [0.29, 0.717) is 0 Å². The molecule has 2 rings (SSSR count). The molecule has 1 heterocycles. The Kier molecular flexibility index (Phi) is 4.01. The monoisotopic (exact) mass is 206 g/mol. The molecule has 1 saturated carbocycles. The third-order valence-electron chi connectivity index (χ3n) is 2.04. The van der Waals surface area contributed by atoms with Gasteiger partial charge in [0.2, 0.25) is 0 Å². The molecule has 0 spiro atoms. The fourth-order valence-corrected chi connectivity index (χ4v) is 1.04. The average molecular weight is 206 g/mol. The number of nitrogens with zero attached hydrogens (tertiary/aromatic N) is 1. The molecule has 65 valence electrons. The predicted octanol–water partition coefficient (Wildman–Crippen LogP) is 1.92. The molecular formula is C8H10FNOV. The second kappa shape index (κ2) is 4.10. The van der Waals surface area contributed by atoms with Crippen LogP contribution in [-0.4, -0.2) is 11.7 Å². The Bertz CT molecular complexity index is 221. The molecule has 1 fully saturated rings. The van der Waals surface area contributed by atoms with Crippen molar-refractivity contribution in [2.75, 3.05) is 6.67 Å². The minimum absolute atomic E-state index is 0. The van der Waals surface area contributed by atoms with Crippen LogP contribution < -0.4 is 0 Å². The van der Waals surface area contributed by atoms with E-state index in [9.17, 15) is 4.39 Å². The molecule has 0 unspecified atom stereocenters. The zero-order valence-electron chi connectivity index (χ0n) is 6.88. The number of hydrogen-bond acceptors (Lipinski definition) is 2. The van der Waals surface area contributed by atoms with E-state index >= 15 is 0 Å². The second-order valence-corrected chi connectivity index (χ2v) is 2.74. The van der Waals surface area contributed by atoms with Crippen molar-refractivity contribution in [1.82, 2.24) is 4.98 Å². The van der Waals surface area contributed by atoms with Crippen LogP contribution in [0.2, 0.25) is 0 Å². The van der Waals surface area contributed by atoms with Crippen LogP contribution in [0, 0.1) is 13.8 Å². The zero-order chi connectivity index (χ0) is 7.03. The van der Waals surface area contributed by atoms with Gasteiger partial charge in [0.05, 0.1) is 6.67 Å². The Morgan fingerprint density at radius 2 is 2.33 bits per heavy atom. The van der Waals surface area contributed by atoms with Crippen molar-refractivity contribution < 1.29 is 27.4 Å². The predicted molar refractivity (Wildman–Crippen MR) is 38.6 cm³/mol. The van der Waals surface area contributed by atoms with Crippen LogP contribution in [0.15, 0.2) is 10.7 Å². The van der Waals surface area contributed by atoms with Crippen molar-refractivity contribution in [2.45, 2.75) is 18.3 Å². The molecule has 0 bridgehead atoms. The van der Waals surface area contributed by atoms with E-state index in [1.807, 2.05) is 0 Å². The van der Waals surface area contributed by atoms with E-state index in [4.69, 9.17) is 0 Å². The summed E-state index contributed by atoms with van der Waals surface area (Å²) in [6.07, 6.45) is 5.58. The van der Waals surface area contributed by atoms with Crippen LogP contribution in [0.1, 0.15) is 18.5 Å². The summed E-state index contributed by atoms with van der Waals surface area (Å²) in [5, 5.41) is 0. The van der Waals surface area contributed by atoms with Gasteiger partial charge in [0.15, 0.2) is 0 Å². The molecule has 2 nitrogen and oxygen atoms in total. The summed E-state index contributed by atoms with van der Waals surface area (Å²) in [5.74, 6) is 0. The Balaban J connectivity index is 0.000000605. The molecule has 0 aliphatic heterocycles. The van der Waals surface area contributed by atoms with E-state index in [1.54, 1.807) is 0 Å². The van der Waals surface area contributed by atoms with Crippen molar-refractivity contribution in [1.29, 1.82) is 0 Å². The van der Waals surface area contributed by atoms with Crippen LogP contribution in [-0.2, 0) is 24.0 Å². The first kappa shape index (κ1) is 11.7. The first-order chi connectivity index (χ1) is 4.87. The van der Waals surface area contributed by atoms with Crippen LogP contribution in [0.25, 0.3) is 0 Å². The number of alkyl halides is 1. The minimum Gasteiger partial charge on any atom is -0.581 e. The molecule has 1 aliphatic rings. The normalized spacial score (nSPS) is 17.4. The van der Waals surface area contributed by atoms with Gasteiger partial charge in [0.25, 0.3) is 0 Å². The largest absolute Gasteiger partial charge is 2.00 e. The van der Waals surface area contributed by atoms with Crippen molar-refractivity contribution in [3.63, 3.8) is 0 Å². The average Bonchev–Trinajstić information content (AvgIpc) is 2.58. The summed E-state index contributed by atoms with van der Waals surface area (Å²) in [6.45, 7) is -0.326. The fraction of sp³-hybridized carbons (Fsp3) is 0.500. The Morgan fingerprint density at radius 1 is 1.67 bits per heavy atom. The molecular weight excluding hydrogens is 196 g/mol. The zero-order valence-corrected chi connectivity index (χ0v) is 8.28. The Morgan fingerprint density at radius 3 is 2.67 bits per heavy atom. The molecule has 0 aromatic carbocycles. The molecule has 4 heteroatoms. The summed E-state index contributed by atoms with van der Waals surface area (Å²) in [6, 6.07) is 0. The summed E-state index contributed by atoms with van der Waals surface area (Å²) < 4.78 is 16.9. The van der Waals surface area contributed by atoms with Gasteiger partial charge in [-0.1, -0.05) is 18.5 Å². The molecule has 0 N–H and O–H groups in total.